The monoisotopic (exact) mass is 453 g/mol. The topological polar surface area (TPSA) is 101 Å². The molecule has 2 aromatic rings. The number of piperidine rings is 1. The minimum Gasteiger partial charge on any atom is -0.496 e. The van der Waals surface area contributed by atoms with Gasteiger partial charge in [0.1, 0.15) is 22.2 Å². The molecule has 1 aromatic heterocycles. The molecule has 1 saturated heterocycles. The summed E-state index contributed by atoms with van der Waals surface area (Å²) in [5.74, 6) is -0.897. The number of ether oxygens (including phenoxy) is 1. The summed E-state index contributed by atoms with van der Waals surface area (Å²) in [6.07, 6.45) is -0.163. The molecule has 2 heterocycles. The van der Waals surface area contributed by atoms with Crippen molar-refractivity contribution in [2.75, 3.05) is 20.2 Å². The quantitative estimate of drug-likeness (QED) is 0.695. The third-order valence-electron chi connectivity index (χ3n) is 5.88. The summed E-state index contributed by atoms with van der Waals surface area (Å²) in [4.78, 5) is 12.8. The van der Waals surface area contributed by atoms with Gasteiger partial charge in [-0.05, 0) is 37.5 Å². The molecule has 0 spiro atoms. The van der Waals surface area contributed by atoms with Crippen molar-refractivity contribution in [3.63, 3.8) is 0 Å². The molecule has 31 heavy (non-hydrogen) atoms. The largest absolute Gasteiger partial charge is 0.496 e. The summed E-state index contributed by atoms with van der Waals surface area (Å²) in [5.41, 5.74) is 0.779. The number of aliphatic hydroxyl groups is 1. The lowest BCUT2D eigenvalue weighted by Gasteiger charge is -2.33. The van der Waals surface area contributed by atoms with E-state index in [2.05, 4.69) is 5.32 Å². The van der Waals surface area contributed by atoms with E-state index in [1.54, 1.807) is 27.0 Å². The van der Waals surface area contributed by atoms with Gasteiger partial charge in [-0.15, -0.1) is 0 Å². The van der Waals surface area contributed by atoms with Crippen LogP contribution in [0.4, 0.5) is 4.39 Å². The predicted octanol–water partition coefficient (Wildman–Crippen LogP) is 1.80. The number of methoxy groups -OCH3 is 1. The van der Waals surface area contributed by atoms with Crippen molar-refractivity contribution >= 4 is 15.9 Å². The lowest BCUT2D eigenvalue weighted by atomic mass is 9.99. The molecule has 8 nitrogen and oxygen atoms in total. The lowest BCUT2D eigenvalue weighted by Crippen LogP contribution is -2.44. The molecule has 10 heteroatoms. The fourth-order valence-electron chi connectivity index (χ4n) is 3.76. The number of carbonyl (C=O) groups is 1. The van der Waals surface area contributed by atoms with Gasteiger partial charge in [0.25, 0.3) is 5.91 Å². The number of halogens is 1. The minimum absolute atomic E-state index is 0.0483. The second-order valence-corrected chi connectivity index (χ2v) is 9.74. The minimum atomic E-state index is -3.83. The number of sulfonamides is 1. The standard InChI is InChI=1S/C21H28FN3O5S/c1-13-12-25(9-8-18(13)26)31(28,29)20-10-17(24(3)14(20)2)21(27)23-11-15-16(22)6-5-7-19(15)30-4/h5-7,10,13,18,26H,8-9,11-12H2,1-4H3,(H,23,27)/t13-,18-/m1/s1. The molecule has 1 aliphatic rings. The SMILES string of the molecule is COc1cccc(F)c1CNC(=O)c1cc(S(=O)(=O)N2CC[C@@H](O)[C@H](C)C2)c(C)n1C. The number of aromatic nitrogens is 1. The summed E-state index contributed by atoms with van der Waals surface area (Å²) in [6.45, 7) is 3.76. The van der Waals surface area contributed by atoms with Crippen LogP contribution in [0.25, 0.3) is 0 Å². The molecule has 0 aliphatic carbocycles. The summed E-state index contributed by atoms with van der Waals surface area (Å²) < 4.78 is 48.5. The number of nitrogens with zero attached hydrogens (tertiary/aromatic N) is 2. The molecule has 0 radical (unpaired) electrons. The van der Waals surface area contributed by atoms with Crippen LogP contribution in [-0.2, 0) is 23.6 Å². The molecule has 2 atom stereocenters. The van der Waals surface area contributed by atoms with Crippen LogP contribution in [0.3, 0.4) is 0 Å². The van der Waals surface area contributed by atoms with Gasteiger partial charge in [0.05, 0.1) is 13.2 Å². The van der Waals surface area contributed by atoms with E-state index in [0.717, 1.165) is 0 Å². The van der Waals surface area contributed by atoms with Gasteiger partial charge in [-0.25, -0.2) is 12.8 Å². The molecule has 0 bridgehead atoms. The number of benzene rings is 1. The number of rotatable bonds is 6. The highest BCUT2D eigenvalue weighted by atomic mass is 32.2. The Kier molecular flexibility index (Phi) is 6.73. The smallest absolute Gasteiger partial charge is 0.268 e. The van der Waals surface area contributed by atoms with Gasteiger partial charge in [0.2, 0.25) is 10.0 Å². The first-order chi connectivity index (χ1) is 14.6. The Hall–Kier alpha value is -2.43. The van der Waals surface area contributed by atoms with Crippen molar-refractivity contribution in [3.8, 4) is 5.75 Å². The molecule has 1 amide bonds. The number of carbonyl (C=O) groups excluding carboxylic acids is 1. The maximum atomic E-state index is 14.1. The average Bonchev–Trinajstić information content (AvgIpc) is 3.04. The van der Waals surface area contributed by atoms with E-state index in [4.69, 9.17) is 4.74 Å². The summed E-state index contributed by atoms with van der Waals surface area (Å²) in [7, 11) is -0.806. The van der Waals surface area contributed by atoms with Crippen LogP contribution in [-0.4, -0.2) is 54.6 Å². The van der Waals surface area contributed by atoms with Crippen molar-refractivity contribution < 1.29 is 27.4 Å². The third-order valence-corrected chi connectivity index (χ3v) is 7.86. The second-order valence-electron chi connectivity index (χ2n) is 7.84. The first-order valence-corrected chi connectivity index (χ1v) is 11.5. The average molecular weight is 454 g/mol. The predicted molar refractivity (Wildman–Crippen MR) is 113 cm³/mol. The van der Waals surface area contributed by atoms with E-state index < -0.39 is 27.9 Å². The van der Waals surface area contributed by atoms with Crippen molar-refractivity contribution in [1.29, 1.82) is 0 Å². The number of aliphatic hydroxyl groups excluding tert-OH is 1. The number of nitrogens with one attached hydrogen (secondary N) is 1. The van der Waals surface area contributed by atoms with Crippen molar-refractivity contribution in [2.45, 2.75) is 37.8 Å². The van der Waals surface area contributed by atoms with Gasteiger partial charge in [-0.3, -0.25) is 4.79 Å². The van der Waals surface area contributed by atoms with Crippen LogP contribution < -0.4 is 10.1 Å². The van der Waals surface area contributed by atoms with E-state index in [1.165, 1.54) is 34.2 Å². The molecule has 0 saturated carbocycles. The van der Waals surface area contributed by atoms with Gasteiger partial charge in [-0.2, -0.15) is 4.31 Å². The highest BCUT2D eigenvalue weighted by Gasteiger charge is 2.35. The first-order valence-electron chi connectivity index (χ1n) is 10.0. The van der Waals surface area contributed by atoms with Gasteiger partial charge < -0.3 is 19.7 Å². The van der Waals surface area contributed by atoms with E-state index in [9.17, 15) is 22.7 Å². The van der Waals surface area contributed by atoms with Crippen LogP contribution in [0.2, 0.25) is 0 Å². The number of hydrogen-bond acceptors (Lipinski definition) is 5. The molecular weight excluding hydrogens is 425 g/mol. The fourth-order valence-corrected chi connectivity index (χ4v) is 5.59. The van der Waals surface area contributed by atoms with Crippen molar-refractivity contribution in [3.05, 3.63) is 47.0 Å². The Labute approximate surface area is 181 Å². The second kappa shape index (κ2) is 8.97. The zero-order chi connectivity index (χ0) is 22.9. The van der Waals surface area contributed by atoms with Crippen LogP contribution in [0.15, 0.2) is 29.2 Å². The van der Waals surface area contributed by atoms with E-state index in [0.29, 0.717) is 17.9 Å². The van der Waals surface area contributed by atoms with Crippen LogP contribution in [0, 0.1) is 18.7 Å². The maximum Gasteiger partial charge on any atom is 0.268 e. The number of amides is 1. The molecule has 0 unspecified atom stereocenters. The molecule has 3 rings (SSSR count). The Morgan fingerprint density at radius 3 is 2.74 bits per heavy atom. The lowest BCUT2D eigenvalue weighted by molar-refractivity contribution is 0.0628. The van der Waals surface area contributed by atoms with E-state index in [1.807, 2.05) is 0 Å². The highest BCUT2D eigenvalue weighted by Crippen LogP contribution is 2.28. The van der Waals surface area contributed by atoms with Gasteiger partial charge in [-0.1, -0.05) is 13.0 Å². The van der Waals surface area contributed by atoms with E-state index in [-0.39, 0.29) is 41.7 Å². The third kappa shape index (κ3) is 4.46. The highest BCUT2D eigenvalue weighted by molar-refractivity contribution is 7.89. The molecule has 1 aliphatic heterocycles. The van der Waals surface area contributed by atoms with Crippen molar-refractivity contribution in [2.24, 2.45) is 13.0 Å². The maximum absolute atomic E-state index is 14.1. The first kappa shape index (κ1) is 23.2. The van der Waals surface area contributed by atoms with Crippen molar-refractivity contribution in [1.82, 2.24) is 14.2 Å². The Balaban J connectivity index is 1.83. The fraction of sp³-hybridized carbons (Fsp3) is 0.476. The molecule has 170 valence electrons. The Morgan fingerprint density at radius 2 is 2.10 bits per heavy atom. The molecular formula is C21H28FN3O5S. The van der Waals surface area contributed by atoms with Gasteiger partial charge in [0, 0.05) is 37.9 Å². The van der Waals surface area contributed by atoms with Gasteiger partial charge >= 0.3 is 0 Å². The van der Waals surface area contributed by atoms with Crippen LogP contribution in [0.1, 0.15) is 35.1 Å². The Bertz CT molecular complexity index is 1080. The molecule has 1 aromatic carbocycles. The zero-order valence-electron chi connectivity index (χ0n) is 18.1. The summed E-state index contributed by atoms with van der Waals surface area (Å²) in [6, 6.07) is 5.72. The normalized spacial score (nSPS) is 19.9. The van der Waals surface area contributed by atoms with Gasteiger partial charge in [0.15, 0.2) is 0 Å². The van der Waals surface area contributed by atoms with E-state index >= 15 is 0 Å². The number of hydrogen-bond donors (Lipinski definition) is 2. The zero-order valence-corrected chi connectivity index (χ0v) is 18.9. The molecule has 1 fully saturated rings. The Morgan fingerprint density at radius 1 is 1.39 bits per heavy atom. The summed E-state index contributed by atoms with van der Waals surface area (Å²) >= 11 is 0. The van der Waals surface area contributed by atoms with Crippen LogP contribution in [0.5, 0.6) is 5.75 Å². The summed E-state index contributed by atoms with van der Waals surface area (Å²) in [5, 5.41) is 12.5. The molecule has 2 N–H and O–H groups in total. The van der Waals surface area contributed by atoms with Crippen LogP contribution >= 0.6 is 0 Å².